The molecule has 4 heteroatoms. The molecule has 20 heavy (non-hydrogen) atoms. The summed E-state index contributed by atoms with van der Waals surface area (Å²) in [7, 11) is 0. The summed E-state index contributed by atoms with van der Waals surface area (Å²) in [5.41, 5.74) is 11.4. The standard InChI is InChI=1S/C16H21N3S/c1-11-4-3-5-13-14(11)9-19(15(13)8-17)7-6-16-18-12(2)10-20-16/h3-5,10,15H,6-9,17H2,1-2H3. The molecule has 1 atom stereocenters. The van der Waals surface area contributed by atoms with Crippen LogP contribution in [-0.4, -0.2) is 23.0 Å². The summed E-state index contributed by atoms with van der Waals surface area (Å²) in [5.74, 6) is 0. The van der Waals surface area contributed by atoms with Crippen LogP contribution in [0.15, 0.2) is 23.6 Å². The van der Waals surface area contributed by atoms with Gasteiger partial charge in [-0.05, 0) is 30.5 Å². The van der Waals surface area contributed by atoms with Gasteiger partial charge in [0.15, 0.2) is 0 Å². The number of aryl methyl sites for hydroxylation is 2. The summed E-state index contributed by atoms with van der Waals surface area (Å²) < 4.78 is 0. The topological polar surface area (TPSA) is 42.1 Å². The fraction of sp³-hybridized carbons (Fsp3) is 0.438. The van der Waals surface area contributed by atoms with Gasteiger partial charge >= 0.3 is 0 Å². The van der Waals surface area contributed by atoms with Gasteiger partial charge in [-0.2, -0.15) is 0 Å². The molecular formula is C16H21N3S. The minimum atomic E-state index is 0.367. The molecule has 0 spiro atoms. The molecule has 1 unspecified atom stereocenters. The third kappa shape index (κ3) is 2.51. The van der Waals surface area contributed by atoms with E-state index in [4.69, 9.17) is 5.73 Å². The van der Waals surface area contributed by atoms with Crippen LogP contribution in [0.4, 0.5) is 0 Å². The van der Waals surface area contributed by atoms with E-state index in [0.717, 1.165) is 25.2 Å². The predicted octanol–water partition coefficient (Wildman–Crippen LogP) is 2.82. The quantitative estimate of drug-likeness (QED) is 0.940. The molecule has 0 amide bonds. The molecule has 2 N–H and O–H groups in total. The van der Waals surface area contributed by atoms with Gasteiger partial charge in [-0.25, -0.2) is 4.98 Å². The van der Waals surface area contributed by atoms with Crippen molar-refractivity contribution in [2.75, 3.05) is 13.1 Å². The lowest BCUT2D eigenvalue weighted by Crippen LogP contribution is -2.29. The highest BCUT2D eigenvalue weighted by Crippen LogP contribution is 2.34. The molecule has 3 rings (SSSR count). The molecular weight excluding hydrogens is 266 g/mol. The Morgan fingerprint density at radius 3 is 2.95 bits per heavy atom. The number of nitrogens with zero attached hydrogens (tertiary/aromatic N) is 2. The highest BCUT2D eigenvalue weighted by Gasteiger charge is 2.29. The Labute approximate surface area is 124 Å². The van der Waals surface area contributed by atoms with Gasteiger partial charge in [0.1, 0.15) is 0 Å². The number of benzene rings is 1. The number of rotatable bonds is 4. The Kier molecular flexibility index (Phi) is 3.87. The predicted molar refractivity (Wildman–Crippen MR) is 83.9 cm³/mol. The molecule has 0 saturated heterocycles. The normalized spacial score (nSPS) is 18.4. The summed E-state index contributed by atoms with van der Waals surface area (Å²) in [4.78, 5) is 7.04. The lowest BCUT2D eigenvalue weighted by Gasteiger charge is -2.23. The van der Waals surface area contributed by atoms with E-state index in [2.05, 4.69) is 47.3 Å². The first-order valence-electron chi connectivity index (χ1n) is 7.12. The Hall–Kier alpha value is -1.23. The highest BCUT2D eigenvalue weighted by atomic mass is 32.1. The van der Waals surface area contributed by atoms with Crippen molar-refractivity contribution in [2.45, 2.75) is 32.9 Å². The number of fused-ring (bicyclic) bond motifs is 1. The summed E-state index contributed by atoms with van der Waals surface area (Å²) in [5, 5.41) is 3.35. The van der Waals surface area contributed by atoms with E-state index in [9.17, 15) is 0 Å². The number of hydrogen-bond donors (Lipinski definition) is 1. The van der Waals surface area contributed by atoms with E-state index in [1.807, 2.05) is 0 Å². The number of thiazole rings is 1. The SMILES string of the molecule is Cc1csc(CCN2Cc3c(C)cccc3C2CN)n1. The van der Waals surface area contributed by atoms with Crippen LogP contribution in [0.5, 0.6) is 0 Å². The van der Waals surface area contributed by atoms with E-state index < -0.39 is 0 Å². The first-order chi connectivity index (χ1) is 9.69. The van der Waals surface area contributed by atoms with Crippen LogP contribution in [0, 0.1) is 13.8 Å². The zero-order chi connectivity index (χ0) is 14.1. The second-order valence-electron chi connectivity index (χ2n) is 5.50. The van der Waals surface area contributed by atoms with Crippen LogP contribution in [0.2, 0.25) is 0 Å². The Balaban J connectivity index is 1.74. The third-order valence-electron chi connectivity index (χ3n) is 4.11. The fourth-order valence-electron chi connectivity index (χ4n) is 3.03. The van der Waals surface area contributed by atoms with Crippen LogP contribution in [0.25, 0.3) is 0 Å². The van der Waals surface area contributed by atoms with Gasteiger partial charge < -0.3 is 5.73 Å². The number of nitrogens with two attached hydrogens (primary N) is 1. The lowest BCUT2D eigenvalue weighted by atomic mass is 10.0. The molecule has 0 radical (unpaired) electrons. The average Bonchev–Trinajstić information content (AvgIpc) is 3.00. The largest absolute Gasteiger partial charge is 0.329 e. The highest BCUT2D eigenvalue weighted by molar-refractivity contribution is 7.09. The molecule has 1 aliphatic rings. The molecule has 1 aromatic carbocycles. The van der Waals surface area contributed by atoms with Crippen LogP contribution >= 0.6 is 11.3 Å². The molecule has 0 aliphatic carbocycles. The molecule has 2 heterocycles. The van der Waals surface area contributed by atoms with Gasteiger partial charge in [0.05, 0.1) is 5.01 Å². The van der Waals surface area contributed by atoms with Gasteiger partial charge in [0, 0.05) is 43.2 Å². The van der Waals surface area contributed by atoms with Crippen molar-refractivity contribution in [3.05, 3.63) is 51.0 Å². The lowest BCUT2D eigenvalue weighted by molar-refractivity contribution is 0.222. The maximum Gasteiger partial charge on any atom is 0.0940 e. The van der Waals surface area contributed by atoms with Crippen LogP contribution < -0.4 is 5.73 Å². The van der Waals surface area contributed by atoms with Crippen molar-refractivity contribution >= 4 is 11.3 Å². The van der Waals surface area contributed by atoms with Gasteiger partial charge in [-0.15, -0.1) is 11.3 Å². The molecule has 106 valence electrons. The third-order valence-corrected chi connectivity index (χ3v) is 5.14. The zero-order valence-electron chi connectivity index (χ0n) is 12.1. The van der Waals surface area contributed by atoms with Crippen molar-refractivity contribution in [1.82, 2.24) is 9.88 Å². The molecule has 1 aliphatic heterocycles. The van der Waals surface area contributed by atoms with Crippen molar-refractivity contribution in [3.8, 4) is 0 Å². The van der Waals surface area contributed by atoms with Crippen molar-refractivity contribution in [2.24, 2.45) is 5.73 Å². The smallest absolute Gasteiger partial charge is 0.0940 e. The van der Waals surface area contributed by atoms with Gasteiger partial charge in [0.25, 0.3) is 0 Å². The van der Waals surface area contributed by atoms with E-state index in [1.165, 1.54) is 21.7 Å². The molecule has 0 fully saturated rings. The van der Waals surface area contributed by atoms with Crippen molar-refractivity contribution in [1.29, 1.82) is 0 Å². The maximum atomic E-state index is 6.01. The average molecular weight is 287 g/mol. The molecule has 2 aromatic rings. The minimum Gasteiger partial charge on any atom is -0.329 e. The monoisotopic (exact) mass is 287 g/mol. The number of hydrogen-bond acceptors (Lipinski definition) is 4. The summed E-state index contributed by atoms with van der Waals surface area (Å²) >= 11 is 1.76. The van der Waals surface area contributed by atoms with Crippen molar-refractivity contribution in [3.63, 3.8) is 0 Å². The van der Waals surface area contributed by atoms with E-state index in [-0.39, 0.29) is 0 Å². The summed E-state index contributed by atoms with van der Waals surface area (Å²) in [6, 6.07) is 6.93. The second-order valence-corrected chi connectivity index (χ2v) is 6.44. The van der Waals surface area contributed by atoms with E-state index in [0.29, 0.717) is 12.6 Å². The van der Waals surface area contributed by atoms with Gasteiger partial charge in [0.2, 0.25) is 0 Å². The van der Waals surface area contributed by atoms with Crippen molar-refractivity contribution < 1.29 is 0 Å². The zero-order valence-corrected chi connectivity index (χ0v) is 12.9. The molecule has 0 saturated carbocycles. The molecule has 0 bridgehead atoms. The second kappa shape index (κ2) is 5.64. The van der Waals surface area contributed by atoms with Gasteiger partial charge in [-0.1, -0.05) is 18.2 Å². The summed E-state index contributed by atoms with van der Waals surface area (Å²) in [6.07, 6.45) is 1.02. The Morgan fingerprint density at radius 2 is 2.25 bits per heavy atom. The van der Waals surface area contributed by atoms with Crippen LogP contribution in [0.3, 0.4) is 0 Å². The first kappa shape index (κ1) is 13.7. The number of aromatic nitrogens is 1. The Bertz CT molecular complexity index is 606. The van der Waals surface area contributed by atoms with E-state index in [1.54, 1.807) is 11.3 Å². The minimum absolute atomic E-state index is 0.367. The fourth-order valence-corrected chi connectivity index (χ4v) is 3.80. The van der Waals surface area contributed by atoms with E-state index >= 15 is 0 Å². The van der Waals surface area contributed by atoms with Gasteiger partial charge in [-0.3, -0.25) is 4.90 Å². The Morgan fingerprint density at radius 1 is 1.40 bits per heavy atom. The first-order valence-corrected chi connectivity index (χ1v) is 8.00. The molecule has 3 nitrogen and oxygen atoms in total. The summed E-state index contributed by atoms with van der Waals surface area (Å²) in [6.45, 7) is 6.99. The van der Waals surface area contributed by atoms with Crippen LogP contribution in [0.1, 0.15) is 33.4 Å². The molecule has 1 aromatic heterocycles. The van der Waals surface area contributed by atoms with Crippen LogP contribution in [-0.2, 0) is 13.0 Å². The maximum absolute atomic E-state index is 6.01.